The molecule has 162 valence electrons. The number of carbonyl (C=O) groups is 1. The Morgan fingerprint density at radius 1 is 1.09 bits per heavy atom. The van der Waals surface area contributed by atoms with E-state index in [1.807, 2.05) is 42.5 Å². The van der Waals surface area contributed by atoms with E-state index in [0.29, 0.717) is 42.9 Å². The van der Waals surface area contributed by atoms with Gasteiger partial charge in [-0.15, -0.1) is 0 Å². The van der Waals surface area contributed by atoms with Gasteiger partial charge in [0.15, 0.2) is 11.5 Å². The summed E-state index contributed by atoms with van der Waals surface area (Å²) < 4.78 is 12.2. The molecule has 1 saturated heterocycles. The van der Waals surface area contributed by atoms with Crippen LogP contribution >= 0.6 is 47.2 Å². The van der Waals surface area contributed by atoms with E-state index in [2.05, 4.69) is 5.32 Å². The van der Waals surface area contributed by atoms with Crippen LogP contribution in [0.2, 0.25) is 10.0 Å². The van der Waals surface area contributed by atoms with Crippen molar-refractivity contribution in [1.29, 1.82) is 0 Å². The van der Waals surface area contributed by atoms with Gasteiger partial charge in [0.2, 0.25) is 0 Å². The number of rotatable bonds is 6. The molecule has 0 aliphatic carbocycles. The molecule has 4 rings (SSSR count). The Hall–Kier alpha value is -2.51. The Labute approximate surface area is 205 Å². The minimum Gasteiger partial charge on any atom is -0.493 e. The summed E-state index contributed by atoms with van der Waals surface area (Å²) in [6.45, 7) is 0.336. The number of thioether (sulfide) groups is 1. The molecule has 0 spiro atoms. The molecule has 1 amide bonds. The molecule has 0 bridgehead atoms. The van der Waals surface area contributed by atoms with E-state index in [1.165, 1.54) is 11.8 Å². The number of hydrogen-bond acceptors (Lipinski definition) is 5. The van der Waals surface area contributed by atoms with Gasteiger partial charge in [0.05, 0.1) is 12.0 Å². The molecular weight excluding hydrogens is 485 g/mol. The van der Waals surface area contributed by atoms with Crippen molar-refractivity contribution in [3.8, 4) is 22.6 Å². The number of thiocarbonyl (C=S) groups is 1. The number of carbonyl (C=O) groups excluding carboxylic acids is 1. The average Bonchev–Trinajstić information content (AvgIpc) is 3.11. The van der Waals surface area contributed by atoms with Crippen molar-refractivity contribution in [2.45, 2.75) is 6.61 Å². The zero-order valence-corrected chi connectivity index (χ0v) is 20.0. The van der Waals surface area contributed by atoms with Crippen LogP contribution in [0.5, 0.6) is 11.5 Å². The number of benzene rings is 3. The fraction of sp³-hybridized carbons (Fsp3) is 0.0833. The smallest absolute Gasteiger partial charge is 0.263 e. The highest BCUT2D eigenvalue weighted by atomic mass is 35.5. The van der Waals surface area contributed by atoms with Crippen LogP contribution < -0.4 is 14.8 Å². The maximum absolute atomic E-state index is 12.3. The maximum atomic E-state index is 12.3. The summed E-state index contributed by atoms with van der Waals surface area (Å²) >= 11 is 19.0. The van der Waals surface area contributed by atoms with E-state index in [4.69, 9.17) is 44.9 Å². The molecule has 0 aromatic heterocycles. The Balaban J connectivity index is 1.83. The first-order valence-electron chi connectivity index (χ1n) is 9.53. The van der Waals surface area contributed by atoms with Crippen molar-refractivity contribution < 1.29 is 14.3 Å². The lowest BCUT2D eigenvalue weighted by Crippen LogP contribution is -2.17. The molecular formula is C24H17Cl2NO3S2. The molecule has 1 N–H and O–H groups in total. The molecule has 3 aromatic rings. The summed E-state index contributed by atoms with van der Waals surface area (Å²) in [5.41, 5.74) is 3.18. The van der Waals surface area contributed by atoms with Gasteiger partial charge >= 0.3 is 0 Å². The van der Waals surface area contributed by atoms with Gasteiger partial charge in [-0.25, -0.2) is 0 Å². The molecule has 8 heteroatoms. The van der Waals surface area contributed by atoms with Gasteiger partial charge in [-0.1, -0.05) is 77.5 Å². The second kappa shape index (κ2) is 9.96. The molecule has 1 aliphatic heterocycles. The summed E-state index contributed by atoms with van der Waals surface area (Å²) in [6.07, 6.45) is 1.74. The zero-order valence-electron chi connectivity index (χ0n) is 16.9. The minimum absolute atomic E-state index is 0.251. The average molecular weight is 502 g/mol. The Morgan fingerprint density at radius 2 is 1.88 bits per heavy atom. The maximum Gasteiger partial charge on any atom is 0.263 e. The molecule has 0 atom stereocenters. The van der Waals surface area contributed by atoms with Crippen molar-refractivity contribution >= 4 is 63.5 Å². The third-order valence-corrected chi connectivity index (χ3v) is 6.42. The molecule has 0 saturated carbocycles. The molecule has 4 nitrogen and oxygen atoms in total. The van der Waals surface area contributed by atoms with E-state index in [1.54, 1.807) is 31.4 Å². The van der Waals surface area contributed by atoms with Crippen molar-refractivity contribution in [3.63, 3.8) is 0 Å². The van der Waals surface area contributed by atoms with Gasteiger partial charge in [-0.2, -0.15) is 0 Å². The van der Waals surface area contributed by atoms with Crippen LogP contribution in [0.4, 0.5) is 0 Å². The number of ether oxygens (including phenoxy) is 2. The molecule has 0 unspecified atom stereocenters. The van der Waals surface area contributed by atoms with Crippen molar-refractivity contribution in [2.75, 3.05) is 7.11 Å². The highest BCUT2D eigenvalue weighted by Crippen LogP contribution is 2.41. The molecule has 1 aliphatic rings. The summed E-state index contributed by atoms with van der Waals surface area (Å²) in [5, 5.41) is 3.74. The van der Waals surface area contributed by atoms with Crippen molar-refractivity contribution in [2.24, 2.45) is 0 Å². The van der Waals surface area contributed by atoms with Crippen LogP contribution in [0.1, 0.15) is 11.1 Å². The lowest BCUT2D eigenvalue weighted by molar-refractivity contribution is -0.115. The monoisotopic (exact) mass is 501 g/mol. The molecule has 1 fully saturated rings. The van der Waals surface area contributed by atoms with Crippen LogP contribution in [0.25, 0.3) is 17.2 Å². The predicted molar refractivity (Wildman–Crippen MR) is 136 cm³/mol. The summed E-state index contributed by atoms with van der Waals surface area (Å²) in [4.78, 5) is 12.8. The summed E-state index contributed by atoms with van der Waals surface area (Å²) in [6, 6.07) is 18.8. The Kier molecular flexibility index (Phi) is 7.06. The highest BCUT2D eigenvalue weighted by molar-refractivity contribution is 8.26. The third-order valence-electron chi connectivity index (χ3n) is 4.70. The predicted octanol–water partition coefficient (Wildman–Crippen LogP) is 6.74. The first kappa shape index (κ1) is 22.7. The lowest BCUT2D eigenvalue weighted by Gasteiger charge is -2.17. The van der Waals surface area contributed by atoms with E-state index in [9.17, 15) is 4.79 Å². The van der Waals surface area contributed by atoms with Gasteiger partial charge in [0.25, 0.3) is 5.91 Å². The van der Waals surface area contributed by atoms with Crippen molar-refractivity contribution in [3.05, 3.63) is 86.7 Å². The van der Waals surface area contributed by atoms with E-state index < -0.39 is 0 Å². The third kappa shape index (κ3) is 5.10. The van der Waals surface area contributed by atoms with E-state index in [0.717, 1.165) is 16.7 Å². The number of halogens is 2. The van der Waals surface area contributed by atoms with Crippen LogP contribution in [0, 0.1) is 0 Å². The zero-order chi connectivity index (χ0) is 22.7. The summed E-state index contributed by atoms with van der Waals surface area (Å²) in [5.74, 6) is 0.767. The fourth-order valence-corrected chi connectivity index (χ4v) is 4.64. The van der Waals surface area contributed by atoms with Crippen molar-refractivity contribution in [1.82, 2.24) is 5.32 Å². The molecule has 1 heterocycles. The first-order chi connectivity index (χ1) is 15.4. The number of methoxy groups -OCH3 is 1. The van der Waals surface area contributed by atoms with E-state index in [-0.39, 0.29) is 5.91 Å². The van der Waals surface area contributed by atoms with Gasteiger partial charge in [0, 0.05) is 21.2 Å². The largest absolute Gasteiger partial charge is 0.493 e. The van der Waals surface area contributed by atoms with Crippen LogP contribution in [0.15, 0.2) is 65.6 Å². The SMILES string of the molecule is COc1cc(-c2cc(Cl)ccc2Cl)cc(/C=C2\SC(=S)NC2=O)c1OCc1ccccc1. The fourth-order valence-electron chi connectivity index (χ4n) is 3.20. The van der Waals surface area contributed by atoms with Gasteiger partial charge in [0.1, 0.15) is 10.9 Å². The standard InChI is InChI=1S/C24H17Cl2NO3S2/c1-29-20-10-15(18-12-17(25)7-8-19(18)26)9-16(11-21-23(28)27-24(31)32-21)22(20)30-13-14-5-3-2-4-6-14/h2-12H,13H2,1H3,(H,27,28,31)/b21-11-. The first-order valence-corrected chi connectivity index (χ1v) is 11.5. The summed E-state index contributed by atoms with van der Waals surface area (Å²) in [7, 11) is 1.57. The van der Waals surface area contributed by atoms with Crippen LogP contribution in [-0.2, 0) is 11.4 Å². The van der Waals surface area contributed by atoms with Crippen LogP contribution in [0.3, 0.4) is 0 Å². The molecule has 3 aromatic carbocycles. The highest BCUT2D eigenvalue weighted by Gasteiger charge is 2.24. The van der Waals surface area contributed by atoms with Crippen LogP contribution in [-0.4, -0.2) is 17.3 Å². The quantitative estimate of drug-likeness (QED) is 0.299. The Morgan fingerprint density at radius 3 is 2.56 bits per heavy atom. The minimum atomic E-state index is -0.251. The Bertz CT molecular complexity index is 1230. The lowest BCUT2D eigenvalue weighted by atomic mass is 10.0. The normalized spacial score (nSPS) is 14.5. The van der Waals surface area contributed by atoms with Gasteiger partial charge < -0.3 is 14.8 Å². The number of nitrogens with one attached hydrogen (secondary N) is 1. The van der Waals surface area contributed by atoms with E-state index >= 15 is 0 Å². The topological polar surface area (TPSA) is 47.6 Å². The second-order valence-electron chi connectivity index (χ2n) is 6.85. The van der Waals surface area contributed by atoms with Gasteiger partial charge in [-0.05, 0) is 47.5 Å². The molecule has 0 radical (unpaired) electrons. The second-order valence-corrected chi connectivity index (χ2v) is 9.41. The number of amides is 1. The molecule has 32 heavy (non-hydrogen) atoms. The number of hydrogen-bond donors (Lipinski definition) is 1. The van der Waals surface area contributed by atoms with Gasteiger partial charge in [-0.3, -0.25) is 4.79 Å².